The molecule has 1 saturated heterocycles. The van der Waals surface area contributed by atoms with E-state index >= 15 is 0 Å². The molecular formula is C14H21NOS. The first-order valence-electron chi connectivity index (χ1n) is 6.65. The smallest absolute Gasteiger partial charge is 0.0792 e. The third-order valence-corrected chi connectivity index (χ3v) is 4.93. The molecule has 1 aliphatic heterocycles. The van der Waals surface area contributed by atoms with Gasteiger partial charge in [-0.1, -0.05) is 0 Å². The van der Waals surface area contributed by atoms with E-state index in [0.717, 1.165) is 31.8 Å². The van der Waals surface area contributed by atoms with E-state index in [1.807, 2.05) is 0 Å². The maximum atomic E-state index is 10.7. The highest BCUT2D eigenvalue weighted by Crippen LogP contribution is 2.38. The molecule has 1 aromatic rings. The molecule has 2 aliphatic rings. The summed E-state index contributed by atoms with van der Waals surface area (Å²) in [6.45, 7) is 3.16. The minimum atomic E-state index is -0.441. The van der Waals surface area contributed by atoms with Crippen LogP contribution in [0.3, 0.4) is 0 Å². The zero-order valence-corrected chi connectivity index (χ0v) is 11.2. The first-order chi connectivity index (χ1) is 8.16. The van der Waals surface area contributed by atoms with Gasteiger partial charge in [-0.15, -0.1) is 0 Å². The minimum Gasteiger partial charge on any atom is -0.388 e. The van der Waals surface area contributed by atoms with Gasteiger partial charge in [0, 0.05) is 18.6 Å². The topological polar surface area (TPSA) is 23.5 Å². The van der Waals surface area contributed by atoms with Gasteiger partial charge in [-0.25, -0.2) is 0 Å². The lowest BCUT2D eigenvalue weighted by molar-refractivity contribution is 0.0400. The number of nitrogens with zero attached hydrogens (tertiary/aromatic N) is 1. The molecule has 1 aromatic heterocycles. The van der Waals surface area contributed by atoms with Crippen LogP contribution in [0.1, 0.15) is 38.2 Å². The van der Waals surface area contributed by atoms with Crippen molar-refractivity contribution in [1.29, 1.82) is 0 Å². The van der Waals surface area contributed by atoms with E-state index in [9.17, 15) is 5.11 Å². The lowest BCUT2D eigenvalue weighted by Gasteiger charge is -2.23. The van der Waals surface area contributed by atoms with Crippen molar-refractivity contribution in [3.05, 3.63) is 22.4 Å². The molecule has 1 N–H and O–H groups in total. The second-order valence-electron chi connectivity index (χ2n) is 5.81. The van der Waals surface area contributed by atoms with Gasteiger partial charge >= 0.3 is 0 Å². The summed E-state index contributed by atoms with van der Waals surface area (Å²) in [7, 11) is 0. The molecule has 2 unspecified atom stereocenters. The maximum Gasteiger partial charge on any atom is 0.0792 e. The predicted octanol–water partition coefficient (Wildman–Crippen LogP) is 2.67. The van der Waals surface area contributed by atoms with Crippen LogP contribution in [0, 0.1) is 0 Å². The number of hydrogen-bond donors (Lipinski definition) is 1. The SMILES string of the molecule is CC1CC(O)(CCc2ccsc2)CN1C1CC1. The van der Waals surface area contributed by atoms with Gasteiger partial charge in [-0.2, -0.15) is 11.3 Å². The minimum absolute atomic E-state index is 0.441. The summed E-state index contributed by atoms with van der Waals surface area (Å²) in [6, 6.07) is 3.51. The van der Waals surface area contributed by atoms with Crippen LogP contribution in [-0.4, -0.2) is 34.2 Å². The Kier molecular flexibility index (Phi) is 3.01. The summed E-state index contributed by atoms with van der Waals surface area (Å²) in [5.74, 6) is 0. The molecule has 0 spiro atoms. The summed E-state index contributed by atoms with van der Waals surface area (Å²) < 4.78 is 0. The average Bonchev–Trinajstić information content (AvgIpc) is 2.90. The van der Waals surface area contributed by atoms with Crippen LogP contribution >= 0.6 is 11.3 Å². The van der Waals surface area contributed by atoms with Crippen LogP contribution in [0.4, 0.5) is 0 Å². The number of aliphatic hydroxyl groups is 1. The predicted molar refractivity (Wildman–Crippen MR) is 71.4 cm³/mol. The fraction of sp³-hybridized carbons (Fsp3) is 0.714. The van der Waals surface area contributed by atoms with Crippen molar-refractivity contribution >= 4 is 11.3 Å². The average molecular weight is 251 g/mol. The van der Waals surface area contributed by atoms with Gasteiger partial charge in [-0.3, -0.25) is 4.90 Å². The molecule has 0 amide bonds. The van der Waals surface area contributed by atoms with Gasteiger partial charge in [0.15, 0.2) is 0 Å². The molecule has 17 heavy (non-hydrogen) atoms. The maximum absolute atomic E-state index is 10.7. The molecule has 1 saturated carbocycles. The molecule has 2 fully saturated rings. The number of hydrogen-bond acceptors (Lipinski definition) is 3. The van der Waals surface area contributed by atoms with E-state index in [4.69, 9.17) is 0 Å². The Labute approximate surface area is 107 Å². The zero-order chi connectivity index (χ0) is 11.9. The second kappa shape index (κ2) is 4.38. The molecule has 2 atom stereocenters. The van der Waals surface area contributed by atoms with Crippen molar-refractivity contribution < 1.29 is 5.11 Å². The van der Waals surface area contributed by atoms with Crippen LogP contribution in [-0.2, 0) is 6.42 Å². The van der Waals surface area contributed by atoms with Crippen LogP contribution < -0.4 is 0 Å². The standard InChI is InChI=1S/C14H21NOS/c1-11-8-14(16,10-15(11)13-2-3-13)6-4-12-5-7-17-9-12/h5,7,9,11,13,16H,2-4,6,8,10H2,1H3. The van der Waals surface area contributed by atoms with Crippen molar-refractivity contribution in [3.8, 4) is 0 Å². The summed E-state index contributed by atoms with van der Waals surface area (Å²) in [5.41, 5.74) is 0.935. The van der Waals surface area contributed by atoms with Crippen molar-refractivity contribution in [1.82, 2.24) is 4.90 Å². The Bertz CT molecular complexity index is 374. The monoisotopic (exact) mass is 251 g/mol. The highest BCUT2D eigenvalue weighted by Gasteiger charge is 2.45. The Morgan fingerprint density at radius 2 is 2.35 bits per heavy atom. The first-order valence-corrected chi connectivity index (χ1v) is 7.60. The van der Waals surface area contributed by atoms with Crippen LogP contribution in [0.15, 0.2) is 16.8 Å². The van der Waals surface area contributed by atoms with Gasteiger partial charge in [0.1, 0.15) is 0 Å². The Balaban J connectivity index is 1.58. The van der Waals surface area contributed by atoms with Crippen molar-refractivity contribution in [2.45, 2.75) is 56.7 Å². The van der Waals surface area contributed by atoms with E-state index in [-0.39, 0.29) is 0 Å². The van der Waals surface area contributed by atoms with E-state index in [1.54, 1.807) is 11.3 Å². The highest BCUT2D eigenvalue weighted by molar-refractivity contribution is 7.07. The number of thiophene rings is 1. The van der Waals surface area contributed by atoms with Crippen molar-refractivity contribution in [3.63, 3.8) is 0 Å². The lowest BCUT2D eigenvalue weighted by Crippen LogP contribution is -2.35. The molecule has 0 aromatic carbocycles. The van der Waals surface area contributed by atoms with Gasteiger partial charge in [-0.05, 0) is 61.4 Å². The molecule has 3 heteroatoms. The van der Waals surface area contributed by atoms with Gasteiger partial charge < -0.3 is 5.11 Å². The number of likely N-dealkylation sites (tertiary alicyclic amines) is 1. The number of rotatable bonds is 4. The Morgan fingerprint density at radius 3 is 3.00 bits per heavy atom. The lowest BCUT2D eigenvalue weighted by atomic mass is 9.93. The molecule has 94 valence electrons. The second-order valence-corrected chi connectivity index (χ2v) is 6.59. The molecule has 0 bridgehead atoms. The fourth-order valence-corrected chi connectivity index (χ4v) is 3.82. The highest BCUT2D eigenvalue weighted by atomic mass is 32.1. The molecule has 2 nitrogen and oxygen atoms in total. The normalized spacial score (nSPS) is 34.4. The van der Waals surface area contributed by atoms with Crippen LogP contribution in [0.2, 0.25) is 0 Å². The molecule has 1 aliphatic carbocycles. The summed E-state index contributed by atoms with van der Waals surface area (Å²) in [6.07, 6.45) is 5.56. The van der Waals surface area contributed by atoms with Crippen LogP contribution in [0.25, 0.3) is 0 Å². The van der Waals surface area contributed by atoms with E-state index in [1.165, 1.54) is 18.4 Å². The quantitative estimate of drug-likeness (QED) is 0.889. The summed E-state index contributed by atoms with van der Waals surface area (Å²) >= 11 is 1.74. The molecule has 2 heterocycles. The van der Waals surface area contributed by atoms with E-state index in [0.29, 0.717) is 6.04 Å². The van der Waals surface area contributed by atoms with Gasteiger partial charge in [0.25, 0.3) is 0 Å². The summed E-state index contributed by atoms with van der Waals surface area (Å²) in [5, 5.41) is 15.0. The molecule has 3 rings (SSSR count). The first kappa shape index (κ1) is 11.7. The zero-order valence-electron chi connectivity index (χ0n) is 10.4. The van der Waals surface area contributed by atoms with Crippen molar-refractivity contribution in [2.24, 2.45) is 0 Å². The fourth-order valence-electron chi connectivity index (χ4n) is 3.12. The van der Waals surface area contributed by atoms with Gasteiger partial charge in [0.2, 0.25) is 0 Å². The molecule has 0 radical (unpaired) electrons. The number of aryl methyl sites for hydroxylation is 1. The largest absolute Gasteiger partial charge is 0.388 e. The summed E-state index contributed by atoms with van der Waals surface area (Å²) in [4.78, 5) is 2.52. The third-order valence-electron chi connectivity index (χ3n) is 4.19. The Hall–Kier alpha value is -0.380. The molecular weight excluding hydrogens is 230 g/mol. The van der Waals surface area contributed by atoms with E-state index < -0.39 is 5.60 Å². The Morgan fingerprint density at radius 1 is 1.53 bits per heavy atom. The van der Waals surface area contributed by atoms with E-state index in [2.05, 4.69) is 28.7 Å². The van der Waals surface area contributed by atoms with Crippen LogP contribution in [0.5, 0.6) is 0 Å². The third kappa shape index (κ3) is 2.56. The number of β-amino-alcohol motifs (C(OH)–C–C–N with tert-alkyl or cyclic N) is 1. The van der Waals surface area contributed by atoms with Crippen molar-refractivity contribution in [2.75, 3.05) is 6.54 Å². The van der Waals surface area contributed by atoms with Gasteiger partial charge in [0.05, 0.1) is 5.60 Å².